The highest BCUT2D eigenvalue weighted by Crippen LogP contribution is 2.52. The van der Waals surface area contributed by atoms with Crippen molar-refractivity contribution in [1.29, 1.82) is 0 Å². The van der Waals surface area contributed by atoms with Crippen LogP contribution in [-0.4, -0.2) is 21.7 Å². The zero-order valence-electron chi connectivity index (χ0n) is 12.1. The van der Waals surface area contributed by atoms with E-state index in [1.54, 1.807) is 10.9 Å². The van der Waals surface area contributed by atoms with Gasteiger partial charge in [0.1, 0.15) is 0 Å². The zero-order valence-corrected chi connectivity index (χ0v) is 12.1. The van der Waals surface area contributed by atoms with Crippen molar-refractivity contribution in [1.82, 2.24) is 15.1 Å². The quantitative estimate of drug-likeness (QED) is 0.822. The minimum atomic E-state index is -1.07. The van der Waals surface area contributed by atoms with Crippen molar-refractivity contribution in [3.63, 3.8) is 0 Å². The monoisotopic (exact) mass is 290 g/mol. The molecule has 4 atom stereocenters. The number of rotatable bonds is 5. The first-order chi connectivity index (χ1) is 10.1. The summed E-state index contributed by atoms with van der Waals surface area (Å²) in [4.78, 5) is 23.7. The number of aliphatic carboxylic acids is 1. The van der Waals surface area contributed by atoms with Crippen molar-refractivity contribution < 1.29 is 14.7 Å². The number of carboxylic acid groups (broad SMARTS) is 1. The van der Waals surface area contributed by atoms with E-state index >= 15 is 0 Å². The van der Waals surface area contributed by atoms with E-state index in [0.29, 0.717) is 6.54 Å². The second-order valence-electron chi connectivity index (χ2n) is 6.13. The lowest BCUT2D eigenvalue weighted by Gasteiger charge is -2.30. The van der Waals surface area contributed by atoms with E-state index in [0.717, 1.165) is 31.4 Å². The van der Waals surface area contributed by atoms with E-state index in [4.69, 9.17) is 0 Å². The normalized spacial score (nSPS) is 30.5. The first kappa shape index (κ1) is 14.1. The van der Waals surface area contributed by atoms with Gasteiger partial charge in [0.25, 0.3) is 0 Å². The smallest absolute Gasteiger partial charge is 0.224 e. The lowest BCUT2D eigenvalue weighted by molar-refractivity contribution is -0.314. The molecule has 21 heavy (non-hydrogen) atoms. The number of amides is 1. The molecular weight excluding hydrogens is 270 g/mol. The molecule has 0 unspecified atom stereocenters. The Kier molecular flexibility index (Phi) is 3.69. The Hall–Kier alpha value is -1.85. The molecule has 0 saturated heterocycles. The van der Waals surface area contributed by atoms with Gasteiger partial charge in [-0.15, -0.1) is 0 Å². The second kappa shape index (κ2) is 5.50. The number of carbonyl (C=O) groups excluding carboxylic acids is 2. The van der Waals surface area contributed by atoms with Gasteiger partial charge in [0, 0.05) is 42.7 Å². The van der Waals surface area contributed by atoms with Gasteiger partial charge in [-0.05, 0) is 38.0 Å². The molecule has 1 aromatic heterocycles. The molecule has 6 heteroatoms. The van der Waals surface area contributed by atoms with Gasteiger partial charge in [-0.1, -0.05) is 0 Å². The van der Waals surface area contributed by atoms with Crippen molar-refractivity contribution in [3.8, 4) is 0 Å². The van der Waals surface area contributed by atoms with Gasteiger partial charge in [0.15, 0.2) is 0 Å². The molecule has 0 radical (unpaired) electrons. The highest BCUT2D eigenvalue weighted by Gasteiger charge is 2.51. The number of hydrogen-bond donors (Lipinski definition) is 1. The van der Waals surface area contributed by atoms with Crippen LogP contribution < -0.4 is 10.4 Å². The van der Waals surface area contributed by atoms with Crippen molar-refractivity contribution in [2.45, 2.75) is 39.3 Å². The number of aromatic nitrogens is 2. The van der Waals surface area contributed by atoms with Gasteiger partial charge in [-0.25, -0.2) is 0 Å². The fraction of sp³-hybridized carbons (Fsp3) is 0.667. The maximum atomic E-state index is 12.4. The van der Waals surface area contributed by atoms with Gasteiger partial charge in [0.2, 0.25) is 5.91 Å². The molecule has 2 fully saturated rings. The number of hydrogen-bond acceptors (Lipinski definition) is 4. The molecule has 2 aliphatic carbocycles. The molecule has 0 aliphatic heterocycles. The maximum Gasteiger partial charge on any atom is 0.224 e. The van der Waals surface area contributed by atoms with Crippen molar-refractivity contribution >= 4 is 11.9 Å². The van der Waals surface area contributed by atoms with Crippen LogP contribution in [0.4, 0.5) is 0 Å². The number of aryl methyl sites for hydroxylation is 1. The lowest BCUT2D eigenvalue weighted by Crippen LogP contribution is -2.45. The Balaban J connectivity index is 1.63. The highest BCUT2D eigenvalue weighted by molar-refractivity contribution is 5.85. The number of carboxylic acids is 1. The fourth-order valence-corrected chi connectivity index (χ4v) is 3.99. The van der Waals surface area contributed by atoms with Crippen LogP contribution in [0.15, 0.2) is 12.4 Å². The van der Waals surface area contributed by atoms with E-state index in [2.05, 4.69) is 10.4 Å². The molecule has 3 rings (SSSR count). The Morgan fingerprint density at radius 2 is 2.10 bits per heavy atom. The second-order valence-corrected chi connectivity index (χ2v) is 6.13. The number of nitrogens with zero attached hydrogens (tertiary/aromatic N) is 2. The predicted octanol–water partition coefficient (Wildman–Crippen LogP) is -0.0686. The third-order valence-electron chi connectivity index (χ3n) is 4.97. The summed E-state index contributed by atoms with van der Waals surface area (Å²) >= 11 is 0. The Morgan fingerprint density at radius 3 is 2.71 bits per heavy atom. The Morgan fingerprint density at radius 1 is 1.38 bits per heavy atom. The maximum absolute atomic E-state index is 12.4. The average Bonchev–Trinajstić information content (AvgIpc) is 3.18. The van der Waals surface area contributed by atoms with Crippen LogP contribution in [0.3, 0.4) is 0 Å². The van der Waals surface area contributed by atoms with Crippen LogP contribution in [-0.2, 0) is 22.7 Å². The van der Waals surface area contributed by atoms with E-state index in [1.807, 2.05) is 13.1 Å². The molecule has 1 heterocycles. The SMILES string of the molecule is CCn1cc(CNC(=O)[C@H]2[C@@H]3CC[C@@H](C3)[C@@H]2C(=O)[O-])cn1. The lowest BCUT2D eigenvalue weighted by atomic mass is 9.78. The molecule has 1 amide bonds. The van der Waals surface area contributed by atoms with Crippen molar-refractivity contribution in [2.24, 2.45) is 23.7 Å². The minimum Gasteiger partial charge on any atom is -0.550 e. The average molecular weight is 290 g/mol. The van der Waals surface area contributed by atoms with Crippen LogP contribution in [0.25, 0.3) is 0 Å². The minimum absolute atomic E-state index is 0.124. The highest BCUT2D eigenvalue weighted by atomic mass is 16.4. The third-order valence-corrected chi connectivity index (χ3v) is 4.97. The van der Waals surface area contributed by atoms with Gasteiger partial charge >= 0.3 is 0 Å². The van der Waals surface area contributed by atoms with Gasteiger partial charge in [-0.2, -0.15) is 5.10 Å². The standard InChI is InChI=1S/C15H21N3O3/c1-2-18-8-9(7-17-18)6-16-14(19)12-10-3-4-11(5-10)13(12)15(20)21/h7-8,10-13H,2-6H2,1H3,(H,16,19)(H,20,21)/p-1/t10-,11+,12+,13+/m1/s1. The van der Waals surface area contributed by atoms with Gasteiger partial charge in [-0.3, -0.25) is 9.48 Å². The van der Waals surface area contributed by atoms with Gasteiger partial charge < -0.3 is 15.2 Å². The van der Waals surface area contributed by atoms with E-state index in [9.17, 15) is 14.7 Å². The number of carbonyl (C=O) groups is 2. The first-order valence-corrected chi connectivity index (χ1v) is 7.60. The van der Waals surface area contributed by atoms with Crippen LogP contribution >= 0.6 is 0 Å². The predicted molar refractivity (Wildman–Crippen MR) is 72.6 cm³/mol. The molecule has 2 aliphatic rings. The van der Waals surface area contributed by atoms with Crippen molar-refractivity contribution in [2.75, 3.05) is 0 Å². The van der Waals surface area contributed by atoms with Gasteiger partial charge in [0.05, 0.1) is 6.20 Å². The molecule has 1 N–H and O–H groups in total. The molecule has 6 nitrogen and oxygen atoms in total. The van der Waals surface area contributed by atoms with Crippen LogP contribution in [0.5, 0.6) is 0 Å². The molecule has 114 valence electrons. The Bertz CT molecular complexity index is 554. The van der Waals surface area contributed by atoms with Crippen LogP contribution in [0, 0.1) is 23.7 Å². The molecule has 2 saturated carbocycles. The summed E-state index contributed by atoms with van der Waals surface area (Å²) in [6.07, 6.45) is 6.33. The topological polar surface area (TPSA) is 87.0 Å². The van der Waals surface area contributed by atoms with Crippen molar-refractivity contribution in [3.05, 3.63) is 18.0 Å². The third kappa shape index (κ3) is 2.54. The Labute approximate surface area is 123 Å². The summed E-state index contributed by atoms with van der Waals surface area (Å²) in [6.45, 7) is 3.18. The fourth-order valence-electron chi connectivity index (χ4n) is 3.99. The molecule has 1 aromatic rings. The molecule has 2 bridgehead atoms. The van der Waals surface area contributed by atoms with E-state index in [1.165, 1.54) is 0 Å². The summed E-state index contributed by atoms with van der Waals surface area (Å²) in [5.41, 5.74) is 0.929. The molecule has 0 spiro atoms. The largest absolute Gasteiger partial charge is 0.550 e. The summed E-state index contributed by atoms with van der Waals surface area (Å²) in [5.74, 6) is -1.92. The summed E-state index contributed by atoms with van der Waals surface area (Å²) in [7, 11) is 0. The summed E-state index contributed by atoms with van der Waals surface area (Å²) in [5, 5.41) is 18.3. The molecule has 0 aromatic carbocycles. The zero-order chi connectivity index (χ0) is 15.0. The number of nitrogens with one attached hydrogen (secondary N) is 1. The van der Waals surface area contributed by atoms with Crippen LogP contribution in [0.2, 0.25) is 0 Å². The van der Waals surface area contributed by atoms with E-state index < -0.39 is 17.8 Å². The summed E-state index contributed by atoms with van der Waals surface area (Å²) < 4.78 is 1.79. The van der Waals surface area contributed by atoms with Crippen LogP contribution in [0.1, 0.15) is 31.7 Å². The number of fused-ring (bicyclic) bond motifs is 2. The van der Waals surface area contributed by atoms with E-state index in [-0.39, 0.29) is 17.7 Å². The summed E-state index contributed by atoms with van der Waals surface area (Å²) in [6, 6.07) is 0. The molecular formula is C15H20N3O3-. The first-order valence-electron chi connectivity index (χ1n) is 7.60.